The second-order valence-corrected chi connectivity index (χ2v) is 8.73. The Morgan fingerprint density at radius 3 is 2.38 bits per heavy atom. The molecule has 0 atom stereocenters. The topological polar surface area (TPSA) is 117 Å². The van der Waals surface area contributed by atoms with E-state index in [9.17, 15) is 8.42 Å². The van der Waals surface area contributed by atoms with Gasteiger partial charge in [-0.15, -0.1) is 10.2 Å². The van der Waals surface area contributed by atoms with Crippen LogP contribution in [0.25, 0.3) is 27.8 Å². The Balaban J connectivity index is 1.52. The summed E-state index contributed by atoms with van der Waals surface area (Å²) in [6.07, 6.45) is 0. The predicted molar refractivity (Wildman–Crippen MR) is 121 cm³/mol. The lowest BCUT2D eigenvalue weighted by Gasteiger charge is -2.14. The normalized spacial score (nSPS) is 12.2. The number of methoxy groups -OCH3 is 1. The average Bonchev–Trinajstić information content (AvgIpc) is 3.53. The molecule has 3 aromatic carbocycles. The van der Waals surface area contributed by atoms with Gasteiger partial charge < -0.3 is 18.6 Å². The van der Waals surface area contributed by atoms with E-state index >= 15 is 0 Å². The molecule has 0 fully saturated rings. The van der Waals surface area contributed by atoms with Crippen molar-refractivity contribution in [2.24, 2.45) is 0 Å². The van der Waals surface area contributed by atoms with Gasteiger partial charge in [-0.25, -0.2) is 13.3 Å². The van der Waals surface area contributed by atoms with Crippen molar-refractivity contribution >= 4 is 21.4 Å². The van der Waals surface area contributed by atoms with E-state index in [2.05, 4.69) is 19.8 Å². The molecule has 10 nitrogen and oxygen atoms in total. The molecule has 0 radical (unpaired) electrons. The van der Waals surface area contributed by atoms with Gasteiger partial charge in [0.2, 0.25) is 24.3 Å². The highest BCUT2D eigenvalue weighted by Gasteiger charge is 2.25. The van der Waals surface area contributed by atoms with Crippen molar-refractivity contribution in [2.45, 2.75) is 4.90 Å². The summed E-state index contributed by atoms with van der Waals surface area (Å²) in [5.41, 5.74) is 1.23. The molecular formula is C23H16N4O6S. The second kappa shape index (κ2) is 8.42. The van der Waals surface area contributed by atoms with E-state index in [1.807, 2.05) is 30.3 Å². The molecule has 4 aromatic rings. The fraction of sp³-hybridized carbons (Fsp3) is 0.0870. The molecule has 0 bridgehead atoms. The smallest absolute Gasteiger partial charge is 0.264 e. The Hall–Kier alpha value is -4.56. The van der Waals surface area contributed by atoms with E-state index in [-0.39, 0.29) is 34.7 Å². The van der Waals surface area contributed by atoms with Crippen LogP contribution in [0.5, 0.6) is 17.2 Å². The number of rotatable bonds is 6. The van der Waals surface area contributed by atoms with Crippen LogP contribution in [-0.4, -0.2) is 32.5 Å². The van der Waals surface area contributed by atoms with Gasteiger partial charge in [0.25, 0.3) is 10.0 Å². The lowest BCUT2D eigenvalue weighted by Crippen LogP contribution is -2.14. The van der Waals surface area contributed by atoms with Crippen LogP contribution in [0.2, 0.25) is 0 Å². The molecule has 0 saturated heterocycles. The van der Waals surface area contributed by atoms with Crippen molar-refractivity contribution in [1.82, 2.24) is 10.2 Å². The van der Waals surface area contributed by atoms with Crippen LogP contribution in [-0.2, 0) is 10.0 Å². The molecule has 11 heteroatoms. The number of ether oxygens (including phenoxy) is 3. The molecule has 0 spiro atoms. The number of nitrogens with one attached hydrogen (secondary N) is 1. The summed E-state index contributed by atoms with van der Waals surface area (Å²) in [6, 6.07) is 16.5. The molecule has 34 heavy (non-hydrogen) atoms. The zero-order valence-corrected chi connectivity index (χ0v) is 18.5. The molecule has 1 N–H and O–H groups in total. The van der Waals surface area contributed by atoms with Crippen LogP contribution in [0.1, 0.15) is 0 Å². The van der Waals surface area contributed by atoms with Crippen LogP contribution in [0.4, 0.5) is 11.4 Å². The summed E-state index contributed by atoms with van der Waals surface area (Å²) in [6.45, 7) is 7.39. The summed E-state index contributed by atoms with van der Waals surface area (Å²) in [4.78, 5) is 3.22. The first-order chi connectivity index (χ1) is 16.5. The molecule has 5 rings (SSSR count). The number of hydrogen-bond donors (Lipinski definition) is 1. The third kappa shape index (κ3) is 3.87. The van der Waals surface area contributed by atoms with Gasteiger partial charge in [-0.3, -0.25) is 4.72 Å². The van der Waals surface area contributed by atoms with Crippen LogP contribution in [0.15, 0.2) is 70.0 Å². The van der Waals surface area contributed by atoms with Gasteiger partial charge >= 0.3 is 0 Å². The van der Waals surface area contributed by atoms with Gasteiger partial charge in [-0.1, -0.05) is 18.2 Å². The highest BCUT2D eigenvalue weighted by molar-refractivity contribution is 7.92. The highest BCUT2D eigenvalue weighted by atomic mass is 32.2. The number of fused-ring (bicyclic) bond motifs is 1. The van der Waals surface area contributed by atoms with Gasteiger partial charge in [0, 0.05) is 11.1 Å². The Kier molecular flexibility index (Phi) is 5.27. The maximum Gasteiger partial charge on any atom is 0.264 e. The maximum atomic E-state index is 13.3. The lowest BCUT2D eigenvalue weighted by atomic mass is 10.2. The van der Waals surface area contributed by atoms with Crippen LogP contribution in [0, 0.1) is 6.57 Å². The van der Waals surface area contributed by atoms with Crippen molar-refractivity contribution in [3.05, 3.63) is 72.1 Å². The standard InChI is InChI=1S/C23H16N4O6S/c1-24-16-11-19-20(32-13-31-19)12-17(16)27-34(28,29)21-10-15(8-9-18(21)30-2)23-26-25-22(33-23)14-6-4-3-5-7-14/h3-12,27H,13H2,2H3. The third-order valence-electron chi connectivity index (χ3n) is 5.00. The van der Waals surface area contributed by atoms with E-state index < -0.39 is 10.0 Å². The second-order valence-electron chi connectivity index (χ2n) is 7.08. The number of sulfonamides is 1. The van der Waals surface area contributed by atoms with E-state index in [4.69, 9.17) is 25.2 Å². The van der Waals surface area contributed by atoms with Crippen molar-refractivity contribution in [1.29, 1.82) is 0 Å². The lowest BCUT2D eigenvalue weighted by molar-refractivity contribution is 0.174. The minimum absolute atomic E-state index is 0.00596. The number of nitrogens with zero attached hydrogens (tertiary/aromatic N) is 3. The fourth-order valence-corrected chi connectivity index (χ4v) is 4.62. The Labute approximate surface area is 194 Å². The first-order valence-corrected chi connectivity index (χ1v) is 11.4. The number of hydrogen-bond acceptors (Lipinski definition) is 8. The van der Waals surface area contributed by atoms with Gasteiger partial charge in [-0.05, 0) is 42.5 Å². The molecule has 0 amide bonds. The molecule has 0 unspecified atom stereocenters. The summed E-state index contributed by atoms with van der Waals surface area (Å²) in [7, 11) is -2.83. The molecule has 1 aliphatic heterocycles. The Morgan fingerprint density at radius 1 is 0.971 bits per heavy atom. The van der Waals surface area contributed by atoms with E-state index in [1.165, 1.54) is 31.4 Å². The monoisotopic (exact) mass is 476 g/mol. The third-order valence-corrected chi connectivity index (χ3v) is 6.39. The fourth-order valence-electron chi connectivity index (χ4n) is 3.36. The Morgan fingerprint density at radius 2 is 1.68 bits per heavy atom. The molecule has 1 aliphatic rings. The summed E-state index contributed by atoms with van der Waals surface area (Å²) < 4.78 is 50.7. The molecule has 2 heterocycles. The van der Waals surface area contributed by atoms with Crippen molar-refractivity contribution < 1.29 is 27.0 Å². The van der Waals surface area contributed by atoms with Gasteiger partial charge in [0.15, 0.2) is 11.5 Å². The zero-order valence-electron chi connectivity index (χ0n) is 17.7. The van der Waals surface area contributed by atoms with Crippen LogP contribution >= 0.6 is 0 Å². The number of aromatic nitrogens is 2. The van der Waals surface area contributed by atoms with E-state index in [0.717, 1.165) is 5.56 Å². The number of anilines is 1. The van der Waals surface area contributed by atoms with Gasteiger partial charge in [0.1, 0.15) is 10.6 Å². The van der Waals surface area contributed by atoms with Crippen LogP contribution < -0.4 is 18.9 Å². The summed E-state index contributed by atoms with van der Waals surface area (Å²) in [5, 5.41) is 8.10. The molecule has 170 valence electrons. The first kappa shape index (κ1) is 21.3. The molecular weight excluding hydrogens is 460 g/mol. The molecule has 0 saturated carbocycles. The maximum absolute atomic E-state index is 13.3. The minimum atomic E-state index is -4.19. The quantitative estimate of drug-likeness (QED) is 0.405. The SMILES string of the molecule is [C-]#[N+]c1cc2c(cc1NS(=O)(=O)c1cc(-c3nnc(-c4ccccc4)o3)ccc1OC)OCO2. The Bertz CT molecular complexity index is 1530. The van der Waals surface area contributed by atoms with Crippen LogP contribution in [0.3, 0.4) is 0 Å². The summed E-state index contributed by atoms with van der Waals surface area (Å²) >= 11 is 0. The molecule has 1 aromatic heterocycles. The van der Waals surface area contributed by atoms with E-state index in [1.54, 1.807) is 6.07 Å². The highest BCUT2D eigenvalue weighted by Crippen LogP contribution is 2.42. The largest absolute Gasteiger partial charge is 0.495 e. The average molecular weight is 476 g/mol. The van der Waals surface area contributed by atoms with Gasteiger partial charge in [-0.2, -0.15) is 0 Å². The summed E-state index contributed by atoms with van der Waals surface area (Å²) in [5.74, 6) is 1.26. The van der Waals surface area contributed by atoms with Crippen molar-refractivity contribution in [3.8, 4) is 40.2 Å². The predicted octanol–water partition coefficient (Wildman–Crippen LogP) is 4.49. The van der Waals surface area contributed by atoms with Crippen molar-refractivity contribution in [3.63, 3.8) is 0 Å². The number of benzene rings is 3. The minimum Gasteiger partial charge on any atom is -0.495 e. The first-order valence-electron chi connectivity index (χ1n) is 9.90. The molecule has 0 aliphatic carbocycles. The zero-order chi connectivity index (χ0) is 23.7. The van der Waals surface area contributed by atoms with Gasteiger partial charge in [0.05, 0.1) is 19.4 Å². The van der Waals surface area contributed by atoms with Crippen molar-refractivity contribution in [2.75, 3.05) is 18.6 Å². The van der Waals surface area contributed by atoms with E-state index in [0.29, 0.717) is 23.0 Å².